The summed E-state index contributed by atoms with van der Waals surface area (Å²) in [6, 6.07) is 1.33. The summed E-state index contributed by atoms with van der Waals surface area (Å²) >= 11 is 4.87. The first-order chi connectivity index (χ1) is 6.63. The number of nitrogens with one attached hydrogen (secondary N) is 2. The lowest BCUT2D eigenvalue weighted by Crippen LogP contribution is -2.28. The number of carbonyl (C=O) groups is 1. The molecule has 1 aromatic rings. The van der Waals surface area contributed by atoms with Crippen LogP contribution < -0.4 is 10.9 Å². The molecule has 1 rings (SSSR count). The molecule has 5 nitrogen and oxygen atoms in total. The summed E-state index contributed by atoms with van der Waals surface area (Å²) in [6.07, 6.45) is 1.50. The van der Waals surface area contributed by atoms with Crippen molar-refractivity contribution in [1.82, 2.24) is 14.9 Å². The van der Waals surface area contributed by atoms with Gasteiger partial charge in [-0.25, -0.2) is 0 Å². The molecule has 76 valence electrons. The Hall–Kier alpha value is -1.43. The molecular formula is C8H11N3O2S. The molecule has 0 saturated heterocycles. The van der Waals surface area contributed by atoms with E-state index in [0.717, 1.165) is 0 Å². The Morgan fingerprint density at radius 1 is 1.71 bits per heavy atom. The van der Waals surface area contributed by atoms with Crippen LogP contribution in [0, 0.1) is 4.77 Å². The molecule has 1 heterocycles. The number of likely N-dealkylation sites (N-methyl/N-ethyl adjacent to an activating group) is 1. The summed E-state index contributed by atoms with van der Waals surface area (Å²) in [5.74, 6) is -0.129. The zero-order valence-corrected chi connectivity index (χ0v) is 8.56. The van der Waals surface area contributed by atoms with Crippen LogP contribution in [0.2, 0.25) is 0 Å². The third-order valence-electron chi connectivity index (χ3n) is 1.58. The largest absolute Gasteiger partial charge is 0.355 e. The molecule has 0 unspecified atom stereocenters. The van der Waals surface area contributed by atoms with Gasteiger partial charge in [0.05, 0.1) is 0 Å². The SMILES string of the molecule is CCNC(=O)Cn1ccc(=O)[nH]c1=S. The van der Waals surface area contributed by atoms with Crippen LogP contribution in [0.4, 0.5) is 0 Å². The first-order valence-corrected chi connectivity index (χ1v) is 4.60. The van der Waals surface area contributed by atoms with Gasteiger partial charge in [0.25, 0.3) is 5.56 Å². The lowest BCUT2D eigenvalue weighted by Gasteiger charge is -2.05. The van der Waals surface area contributed by atoms with Gasteiger partial charge >= 0.3 is 0 Å². The zero-order chi connectivity index (χ0) is 10.6. The van der Waals surface area contributed by atoms with Crippen LogP contribution in [0.5, 0.6) is 0 Å². The molecule has 0 saturated carbocycles. The minimum atomic E-state index is -0.262. The van der Waals surface area contributed by atoms with E-state index >= 15 is 0 Å². The Kier molecular flexibility index (Phi) is 3.58. The van der Waals surface area contributed by atoms with Crippen molar-refractivity contribution in [3.05, 3.63) is 27.4 Å². The van der Waals surface area contributed by atoms with Crippen LogP contribution in [-0.2, 0) is 11.3 Å². The van der Waals surface area contributed by atoms with Gasteiger partial charge in [-0.2, -0.15) is 0 Å². The van der Waals surface area contributed by atoms with Crippen molar-refractivity contribution in [2.24, 2.45) is 0 Å². The first kappa shape index (κ1) is 10.6. The van der Waals surface area contributed by atoms with Gasteiger partial charge < -0.3 is 9.88 Å². The third kappa shape index (κ3) is 2.81. The maximum atomic E-state index is 11.2. The second kappa shape index (κ2) is 4.71. The molecule has 0 fully saturated rings. The Bertz CT molecular complexity index is 435. The van der Waals surface area contributed by atoms with E-state index in [1.54, 1.807) is 0 Å². The van der Waals surface area contributed by atoms with Crippen molar-refractivity contribution in [3.8, 4) is 0 Å². The predicted octanol–water partition coefficient (Wildman–Crippen LogP) is 0.0420. The summed E-state index contributed by atoms with van der Waals surface area (Å²) in [4.78, 5) is 24.4. The van der Waals surface area contributed by atoms with Crippen molar-refractivity contribution < 1.29 is 4.79 Å². The fraction of sp³-hybridized carbons (Fsp3) is 0.375. The first-order valence-electron chi connectivity index (χ1n) is 4.20. The standard InChI is InChI=1S/C8H11N3O2S/c1-2-9-7(13)5-11-4-3-6(12)10-8(11)14/h3-4H,2,5H2,1H3,(H,9,13)(H,10,12,14). The molecule has 0 aliphatic rings. The highest BCUT2D eigenvalue weighted by atomic mass is 32.1. The van der Waals surface area contributed by atoms with Gasteiger partial charge in [-0.15, -0.1) is 0 Å². The van der Waals surface area contributed by atoms with Gasteiger partial charge in [0.2, 0.25) is 5.91 Å². The summed E-state index contributed by atoms with van der Waals surface area (Å²) in [5, 5.41) is 2.64. The molecule has 0 spiro atoms. The molecule has 0 atom stereocenters. The minimum absolute atomic E-state index is 0.128. The number of aromatic amines is 1. The molecule has 6 heteroatoms. The van der Waals surface area contributed by atoms with Crippen molar-refractivity contribution >= 4 is 18.1 Å². The normalized spacial score (nSPS) is 9.79. The highest BCUT2D eigenvalue weighted by Gasteiger charge is 2.00. The van der Waals surface area contributed by atoms with E-state index in [1.807, 2.05) is 6.92 Å². The van der Waals surface area contributed by atoms with Crippen LogP contribution in [0.25, 0.3) is 0 Å². The number of hydrogen-bond donors (Lipinski definition) is 2. The van der Waals surface area contributed by atoms with Crippen LogP contribution >= 0.6 is 12.2 Å². The summed E-state index contributed by atoms with van der Waals surface area (Å²) in [5.41, 5.74) is -0.262. The van der Waals surface area contributed by atoms with Gasteiger partial charge in [0.15, 0.2) is 4.77 Å². The Labute approximate surface area is 85.8 Å². The molecule has 0 aliphatic carbocycles. The Morgan fingerprint density at radius 2 is 2.43 bits per heavy atom. The van der Waals surface area contributed by atoms with E-state index in [0.29, 0.717) is 6.54 Å². The van der Waals surface area contributed by atoms with Crippen molar-refractivity contribution in [2.45, 2.75) is 13.5 Å². The van der Waals surface area contributed by atoms with Gasteiger partial charge in [0.1, 0.15) is 6.54 Å². The fourth-order valence-electron chi connectivity index (χ4n) is 0.977. The Balaban J connectivity index is 2.82. The van der Waals surface area contributed by atoms with Crippen LogP contribution in [-0.4, -0.2) is 22.0 Å². The van der Waals surface area contributed by atoms with Gasteiger partial charge in [-0.3, -0.25) is 14.6 Å². The number of amides is 1. The number of aromatic nitrogens is 2. The van der Waals surface area contributed by atoms with Crippen molar-refractivity contribution in [3.63, 3.8) is 0 Å². The second-order valence-corrected chi connectivity index (χ2v) is 3.08. The van der Waals surface area contributed by atoms with E-state index in [1.165, 1.54) is 16.8 Å². The predicted molar refractivity (Wildman–Crippen MR) is 54.6 cm³/mol. The highest BCUT2D eigenvalue weighted by Crippen LogP contribution is 1.86. The molecule has 1 aromatic heterocycles. The van der Waals surface area contributed by atoms with E-state index in [4.69, 9.17) is 12.2 Å². The molecule has 0 bridgehead atoms. The lowest BCUT2D eigenvalue weighted by molar-refractivity contribution is -0.121. The quantitative estimate of drug-likeness (QED) is 0.697. The second-order valence-electron chi connectivity index (χ2n) is 2.69. The number of H-pyrrole nitrogens is 1. The smallest absolute Gasteiger partial charge is 0.251 e. The number of carbonyl (C=O) groups excluding carboxylic acids is 1. The summed E-state index contributed by atoms with van der Waals surface area (Å²) in [6.45, 7) is 2.54. The average molecular weight is 213 g/mol. The van der Waals surface area contributed by atoms with Gasteiger partial charge in [-0.05, 0) is 19.1 Å². The fourth-order valence-corrected chi connectivity index (χ4v) is 1.20. The monoisotopic (exact) mass is 213 g/mol. The lowest BCUT2D eigenvalue weighted by atomic mass is 10.5. The highest BCUT2D eigenvalue weighted by molar-refractivity contribution is 7.71. The number of hydrogen-bond acceptors (Lipinski definition) is 3. The summed E-state index contributed by atoms with van der Waals surface area (Å²) in [7, 11) is 0. The molecule has 1 amide bonds. The van der Waals surface area contributed by atoms with Crippen LogP contribution in [0.1, 0.15) is 6.92 Å². The Morgan fingerprint density at radius 3 is 3.00 bits per heavy atom. The third-order valence-corrected chi connectivity index (χ3v) is 1.92. The van der Waals surface area contributed by atoms with Gasteiger partial charge in [0, 0.05) is 18.8 Å². The van der Waals surface area contributed by atoms with Crippen LogP contribution in [0.3, 0.4) is 0 Å². The zero-order valence-electron chi connectivity index (χ0n) is 7.74. The number of nitrogens with zero attached hydrogens (tertiary/aromatic N) is 1. The van der Waals surface area contributed by atoms with Gasteiger partial charge in [-0.1, -0.05) is 0 Å². The van der Waals surface area contributed by atoms with E-state index in [9.17, 15) is 9.59 Å². The van der Waals surface area contributed by atoms with E-state index in [-0.39, 0.29) is 22.8 Å². The maximum Gasteiger partial charge on any atom is 0.251 e. The van der Waals surface area contributed by atoms with Crippen molar-refractivity contribution in [1.29, 1.82) is 0 Å². The average Bonchev–Trinajstić information content (AvgIpc) is 2.10. The molecular weight excluding hydrogens is 202 g/mol. The molecule has 0 aromatic carbocycles. The molecule has 2 N–H and O–H groups in total. The molecule has 0 radical (unpaired) electrons. The number of rotatable bonds is 3. The summed E-state index contributed by atoms with van der Waals surface area (Å²) < 4.78 is 1.76. The van der Waals surface area contributed by atoms with E-state index in [2.05, 4.69) is 10.3 Å². The molecule has 14 heavy (non-hydrogen) atoms. The van der Waals surface area contributed by atoms with Crippen LogP contribution in [0.15, 0.2) is 17.1 Å². The molecule has 0 aliphatic heterocycles. The maximum absolute atomic E-state index is 11.2. The minimum Gasteiger partial charge on any atom is -0.355 e. The topological polar surface area (TPSA) is 66.9 Å². The van der Waals surface area contributed by atoms with E-state index < -0.39 is 0 Å². The van der Waals surface area contributed by atoms with Crippen molar-refractivity contribution in [2.75, 3.05) is 6.54 Å².